The number of anilines is 1. The predicted molar refractivity (Wildman–Crippen MR) is 242 cm³/mol. The molecule has 2 unspecified atom stereocenters. The van der Waals surface area contributed by atoms with Gasteiger partial charge in [0.15, 0.2) is 0 Å². The monoisotopic (exact) mass is 847 g/mol. The number of carboxylic acids is 1. The van der Waals surface area contributed by atoms with Crippen molar-refractivity contribution in [2.24, 2.45) is 0 Å². The second kappa shape index (κ2) is 19.9. The van der Waals surface area contributed by atoms with E-state index in [9.17, 15) is 23.9 Å². The van der Waals surface area contributed by atoms with Gasteiger partial charge in [-0.05, 0) is 111 Å². The predicted octanol–water partition coefficient (Wildman–Crippen LogP) is 10.0. The molecule has 0 aromatic heterocycles. The Morgan fingerprint density at radius 2 is 1.42 bits per heavy atom. The highest BCUT2D eigenvalue weighted by molar-refractivity contribution is 8.01. The molecular weight excluding hydrogens is 794 g/mol. The average Bonchev–Trinajstić information content (AvgIpc) is 3.67. The molecule has 0 bridgehead atoms. The third-order valence-electron chi connectivity index (χ3n) is 10.8. The summed E-state index contributed by atoms with van der Waals surface area (Å²) in [6.45, 7) is 6.01. The summed E-state index contributed by atoms with van der Waals surface area (Å²) >= 11 is 3.32. The van der Waals surface area contributed by atoms with Crippen LogP contribution in [0.2, 0.25) is 0 Å². The Hall–Kier alpha value is -5.26. The van der Waals surface area contributed by atoms with Crippen LogP contribution in [0.1, 0.15) is 71.8 Å². The molecule has 8 nitrogen and oxygen atoms in total. The number of likely N-dealkylation sites (tertiary alicyclic amines) is 1. The smallest absolute Gasteiger partial charge is 0.411 e. The minimum Gasteiger partial charge on any atom is -0.480 e. The maximum absolute atomic E-state index is 14.2. The number of aryl methyl sites for hydroxylation is 2. The van der Waals surface area contributed by atoms with E-state index in [4.69, 9.17) is 4.74 Å². The molecule has 5 aromatic rings. The van der Waals surface area contributed by atoms with Crippen molar-refractivity contribution in [2.45, 2.75) is 74.3 Å². The number of thioether (sulfide) groups is 2. The van der Waals surface area contributed by atoms with E-state index in [0.717, 1.165) is 27.8 Å². The number of nitrogens with one attached hydrogen (secondary N) is 1. The molecule has 2 N–H and O–H groups in total. The van der Waals surface area contributed by atoms with Gasteiger partial charge in [-0.15, -0.1) is 11.8 Å². The van der Waals surface area contributed by atoms with Gasteiger partial charge in [-0.3, -0.25) is 9.69 Å². The number of nitrogens with zero attached hydrogens (tertiary/aromatic N) is 2. The number of hydrogen-bond donors (Lipinski definition) is 2. The lowest BCUT2D eigenvalue weighted by molar-refractivity contribution is -0.139. The van der Waals surface area contributed by atoms with Crippen LogP contribution in [0.15, 0.2) is 133 Å². The molecule has 60 heavy (non-hydrogen) atoms. The summed E-state index contributed by atoms with van der Waals surface area (Å²) in [4.78, 5) is 44.5. The van der Waals surface area contributed by atoms with Crippen LogP contribution in [0.5, 0.6) is 0 Å². The summed E-state index contributed by atoms with van der Waals surface area (Å²) < 4.78 is 19.1. The van der Waals surface area contributed by atoms with Crippen LogP contribution in [0.4, 0.5) is 14.9 Å². The van der Waals surface area contributed by atoms with Gasteiger partial charge >= 0.3 is 12.1 Å². The fourth-order valence-electron chi connectivity index (χ4n) is 7.82. The lowest BCUT2D eigenvalue weighted by Crippen LogP contribution is -2.51. The largest absolute Gasteiger partial charge is 0.480 e. The average molecular weight is 848 g/mol. The zero-order valence-electron chi connectivity index (χ0n) is 34.8. The quantitative estimate of drug-likeness (QED) is 0.0948. The molecule has 1 aliphatic heterocycles. The molecule has 3 atom stereocenters. The molecular formula is C49H54FN3O5S2. The molecule has 2 amide bonds. The van der Waals surface area contributed by atoms with Crippen molar-refractivity contribution in [1.82, 2.24) is 10.2 Å². The van der Waals surface area contributed by atoms with Crippen molar-refractivity contribution in [1.29, 1.82) is 0 Å². The molecule has 1 heterocycles. The van der Waals surface area contributed by atoms with Crippen molar-refractivity contribution in [2.75, 3.05) is 30.5 Å². The van der Waals surface area contributed by atoms with E-state index in [1.807, 2.05) is 69.3 Å². The molecule has 1 aliphatic rings. The zero-order chi connectivity index (χ0) is 42.9. The highest BCUT2D eigenvalue weighted by atomic mass is 32.2. The van der Waals surface area contributed by atoms with Crippen molar-refractivity contribution >= 4 is 47.2 Å². The summed E-state index contributed by atoms with van der Waals surface area (Å²) in [5.41, 5.74) is 5.22. The Bertz CT molecular complexity index is 2110. The maximum Gasteiger partial charge on any atom is 0.411 e. The molecule has 5 aromatic carbocycles. The molecule has 6 rings (SSSR count). The number of carbonyl (C=O) groups excluding carboxylic acids is 2. The third kappa shape index (κ3) is 10.5. The number of benzene rings is 5. The van der Waals surface area contributed by atoms with Gasteiger partial charge in [0.2, 0.25) is 0 Å². The number of amides is 2. The fourth-order valence-corrected chi connectivity index (χ4v) is 10.2. The van der Waals surface area contributed by atoms with Crippen molar-refractivity contribution in [3.63, 3.8) is 0 Å². The molecule has 0 aliphatic carbocycles. The van der Waals surface area contributed by atoms with E-state index in [0.29, 0.717) is 42.8 Å². The van der Waals surface area contributed by atoms with Crippen molar-refractivity contribution in [3.8, 4) is 0 Å². The molecule has 1 saturated heterocycles. The van der Waals surface area contributed by atoms with E-state index in [1.54, 1.807) is 34.9 Å². The number of rotatable bonds is 16. The number of aliphatic carboxylic acids is 1. The Morgan fingerprint density at radius 1 is 0.850 bits per heavy atom. The van der Waals surface area contributed by atoms with E-state index in [1.165, 1.54) is 23.9 Å². The van der Waals surface area contributed by atoms with Crippen LogP contribution in [0.25, 0.3) is 0 Å². The van der Waals surface area contributed by atoms with Crippen LogP contribution in [-0.4, -0.2) is 76.6 Å². The van der Waals surface area contributed by atoms with Gasteiger partial charge in [-0.2, -0.15) is 11.8 Å². The standard InChI is InChI=1S/C49H54FN3O5S2/c1-48(2,3)58-47(57)53-31-29-43(60-49(36-15-9-6-10-16-36,37-17-11-7-12-18-37)38-19-13-8-14-20-38)45(53)52(4)40-28-25-35(24-21-34-22-26-39(50)27-23-34)41(33-40)44(54)51-42(46(55)56)30-32-59-5/h6-20,22-23,25-28,33,42-43,45H,21,24,29-32H2,1-5H3,(H,51,54)(H,55,56)/t42-,43?,45?/m0/s1. The molecule has 1 fully saturated rings. The number of carboxylic acid groups (broad SMARTS) is 1. The van der Waals surface area contributed by atoms with E-state index < -0.39 is 40.5 Å². The molecule has 0 spiro atoms. The van der Waals surface area contributed by atoms with Gasteiger partial charge in [0, 0.05) is 30.1 Å². The zero-order valence-corrected chi connectivity index (χ0v) is 36.5. The maximum atomic E-state index is 14.2. The SMILES string of the molecule is CSCC[C@H](NC(=O)c1cc(N(C)C2C(SC(c3ccccc3)(c3ccccc3)c3ccccc3)CCN2C(=O)OC(C)(C)C)ccc1CCc1ccc(F)cc1)C(=O)O. The Kier molecular flexibility index (Phi) is 14.7. The topological polar surface area (TPSA) is 99.2 Å². The summed E-state index contributed by atoms with van der Waals surface area (Å²) in [6.07, 6.45) is 2.87. The number of halogens is 1. The van der Waals surface area contributed by atoms with E-state index >= 15 is 0 Å². The lowest BCUT2D eigenvalue weighted by Gasteiger charge is -2.42. The summed E-state index contributed by atoms with van der Waals surface area (Å²) in [5.74, 6) is -1.36. The Balaban J connectivity index is 1.45. The highest BCUT2D eigenvalue weighted by Crippen LogP contribution is 2.53. The molecule has 0 radical (unpaired) electrons. The van der Waals surface area contributed by atoms with Crippen LogP contribution < -0.4 is 10.2 Å². The Labute approximate surface area is 361 Å². The van der Waals surface area contributed by atoms with Gasteiger partial charge in [0.05, 0.1) is 4.75 Å². The van der Waals surface area contributed by atoms with Crippen LogP contribution >= 0.6 is 23.5 Å². The normalized spacial score (nSPS) is 15.9. The van der Waals surface area contributed by atoms with Gasteiger partial charge in [0.1, 0.15) is 23.6 Å². The van der Waals surface area contributed by atoms with Gasteiger partial charge < -0.3 is 20.1 Å². The highest BCUT2D eigenvalue weighted by Gasteiger charge is 2.48. The molecule has 11 heteroatoms. The molecule has 0 saturated carbocycles. The summed E-state index contributed by atoms with van der Waals surface area (Å²) in [5, 5.41) is 12.7. The van der Waals surface area contributed by atoms with Gasteiger partial charge in [0.25, 0.3) is 5.91 Å². The Morgan fingerprint density at radius 3 is 1.93 bits per heavy atom. The second-order valence-corrected chi connectivity index (χ2v) is 18.5. The summed E-state index contributed by atoms with van der Waals surface area (Å²) in [6, 6.07) is 42.2. The minimum atomic E-state index is -1.10. The van der Waals surface area contributed by atoms with Gasteiger partial charge in [-0.1, -0.05) is 109 Å². The lowest BCUT2D eigenvalue weighted by atomic mass is 9.84. The van der Waals surface area contributed by atoms with E-state index in [2.05, 4.69) is 78.1 Å². The first kappa shape index (κ1) is 44.3. The summed E-state index contributed by atoms with van der Waals surface area (Å²) in [7, 11) is 1.93. The van der Waals surface area contributed by atoms with Crippen molar-refractivity contribution in [3.05, 3.63) is 173 Å². The first-order valence-corrected chi connectivity index (χ1v) is 22.5. The third-order valence-corrected chi connectivity index (χ3v) is 13.2. The van der Waals surface area contributed by atoms with Crippen molar-refractivity contribution < 1.29 is 28.6 Å². The van der Waals surface area contributed by atoms with Crippen LogP contribution in [-0.2, 0) is 27.1 Å². The fraction of sp³-hybridized carbons (Fsp3) is 0.327. The minimum absolute atomic E-state index is 0.165. The number of carbonyl (C=O) groups is 3. The van der Waals surface area contributed by atoms with E-state index in [-0.39, 0.29) is 17.5 Å². The van der Waals surface area contributed by atoms with Crippen LogP contribution in [0, 0.1) is 5.82 Å². The number of hydrogen-bond acceptors (Lipinski definition) is 7. The second-order valence-electron chi connectivity index (χ2n) is 16.0. The first-order valence-electron chi connectivity index (χ1n) is 20.3. The van der Waals surface area contributed by atoms with Gasteiger partial charge in [-0.25, -0.2) is 14.0 Å². The number of ether oxygens (including phenoxy) is 1. The molecule has 314 valence electrons. The van der Waals surface area contributed by atoms with Crippen LogP contribution in [0.3, 0.4) is 0 Å². The first-order chi connectivity index (χ1) is 28.8.